The number of methoxy groups -OCH3 is 1. The summed E-state index contributed by atoms with van der Waals surface area (Å²) < 4.78 is 10.1. The minimum absolute atomic E-state index is 0.162. The van der Waals surface area contributed by atoms with Gasteiger partial charge in [-0.3, -0.25) is 4.79 Å². The van der Waals surface area contributed by atoms with Crippen molar-refractivity contribution in [2.45, 2.75) is 26.7 Å². The molecule has 1 aromatic carbocycles. The fraction of sp³-hybridized carbons (Fsp3) is 0.562. The van der Waals surface area contributed by atoms with E-state index >= 15 is 0 Å². The van der Waals surface area contributed by atoms with Gasteiger partial charge in [0.1, 0.15) is 5.41 Å². The predicted molar refractivity (Wildman–Crippen MR) is 74.0 cm³/mol. The van der Waals surface area contributed by atoms with Crippen LogP contribution in [0.3, 0.4) is 0 Å². The van der Waals surface area contributed by atoms with Gasteiger partial charge in [-0.2, -0.15) is 0 Å². The SMILES string of the molecule is COC(=O)C1(Cc2ccc(CC(C)C)cc2)COC1. The van der Waals surface area contributed by atoms with Crippen LogP contribution in [0.1, 0.15) is 25.0 Å². The molecule has 0 aromatic heterocycles. The first-order valence-corrected chi connectivity index (χ1v) is 6.80. The van der Waals surface area contributed by atoms with Gasteiger partial charge in [0, 0.05) is 0 Å². The van der Waals surface area contributed by atoms with E-state index in [-0.39, 0.29) is 5.97 Å². The lowest BCUT2D eigenvalue weighted by Crippen LogP contribution is -2.51. The van der Waals surface area contributed by atoms with Crippen LogP contribution in [-0.4, -0.2) is 26.3 Å². The standard InChI is InChI=1S/C16H22O3/c1-12(2)8-13-4-6-14(7-5-13)9-16(10-19-11-16)15(17)18-3/h4-7,12H,8-11H2,1-3H3. The normalized spacial score (nSPS) is 17.1. The van der Waals surface area contributed by atoms with Crippen LogP contribution in [0.15, 0.2) is 24.3 Å². The molecule has 3 heteroatoms. The summed E-state index contributed by atoms with van der Waals surface area (Å²) in [6.07, 6.45) is 1.78. The van der Waals surface area contributed by atoms with Gasteiger partial charge in [0.2, 0.25) is 0 Å². The number of carbonyl (C=O) groups excluding carboxylic acids is 1. The monoisotopic (exact) mass is 262 g/mol. The maximum atomic E-state index is 11.8. The second-order valence-electron chi connectivity index (χ2n) is 5.86. The van der Waals surface area contributed by atoms with E-state index in [1.54, 1.807) is 0 Å². The molecule has 0 atom stereocenters. The van der Waals surface area contributed by atoms with Crippen LogP contribution in [0.25, 0.3) is 0 Å². The molecule has 104 valence electrons. The quantitative estimate of drug-likeness (QED) is 0.765. The molecule has 1 aliphatic heterocycles. The van der Waals surface area contributed by atoms with E-state index < -0.39 is 5.41 Å². The highest BCUT2D eigenvalue weighted by molar-refractivity contribution is 5.78. The van der Waals surface area contributed by atoms with Crippen LogP contribution in [-0.2, 0) is 27.1 Å². The van der Waals surface area contributed by atoms with E-state index in [0.717, 1.165) is 6.42 Å². The molecule has 0 amide bonds. The molecule has 0 bridgehead atoms. The van der Waals surface area contributed by atoms with Crippen molar-refractivity contribution in [1.29, 1.82) is 0 Å². The molecule has 19 heavy (non-hydrogen) atoms. The number of hydrogen-bond donors (Lipinski definition) is 0. The second-order valence-corrected chi connectivity index (χ2v) is 5.86. The smallest absolute Gasteiger partial charge is 0.316 e. The number of ether oxygens (including phenoxy) is 2. The van der Waals surface area contributed by atoms with Crippen LogP contribution >= 0.6 is 0 Å². The van der Waals surface area contributed by atoms with Crippen molar-refractivity contribution < 1.29 is 14.3 Å². The average molecular weight is 262 g/mol. The zero-order valence-corrected chi connectivity index (χ0v) is 11.9. The summed E-state index contributed by atoms with van der Waals surface area (Å²) in [6.45, 7) is 5.36. The zero-order chi connectivity index (χ0) is 13.9. The largest absolute Gasteiger partial charge is 0.468 e. The first kappa shape index (κ1) is 14.1. The van der Waals surface area contributed by atoms with Gasteiger partial charge < -0.3 is 9.47 Å². The molecule has 0 unspecified atom stereocenters. The van der Waals surface area contributed by atoms with E-state index in [1.165, 1.54) is 18.2 Å². The lowest BCUT2D eigenvalue weighted by atomic mass is 9.79. The summed E-state index contributed by atoms with van der Waals surface area (Å²) in [5.74, 6) is 0.498. The van der Waals surface area contributed by atoms with Gasteiger partial charge in [-0.05, 0) is 29.9 Å². The van der Waals surface area contributed by atoms with Gasteiger partial charge in [-0.15, -0.1) is 0 Å². The number of esters is 1. The fourth-order valence-corrected chi connectivity index (χ4v) is 2.51. The third-order valence-corrected chi connectivity index (χ3v) is 3.58. The lowest BCUT2D eigenvalue weighted by molar-refractivity contribution is -0.182. The van der Waals surface area contributed by atoms with Crippen LogP contribution in [0.5, 0.6) is 0 Å². The number of benzene rings is 1. The van der Waals surface area contributed by atoms with Gasteiger partial charge in [-0.1, -0.05) is 38.1 Å². The highest BCUT2D eigenvalue weighted by Gasteiger charge is 2.47. The van der Waals surface area contributed by atoms with Crippen LogP contribution < -0.4 is 0 Å². The molecule has 2 rings (SSSR count). The minimum Gasteiger partial charge on any atom is -0.468 e. The summed E-state index contributed by atoms with van der Waals surface area (Å²) >= 11 is 0. The molecule has 1 fully saturated rings. The Kier molecular flexibility index (Phi) is 4.25. The van der Waals surface area contributed by atoms with Crippen molar-refractivity contribution in [3.8, 4) is 0 Å². The lowest BCUT2D eigenvalue weighted by Gasteiger charge is -2.38. The highest BCUT2D eigenvalue weighted by atomic mass is 16.5. The molecule has 0 radical (unpaired) electrons. The second kappa shape index (κ2) is 5.74. The van der Waals surface area contributed by atoms with Gasteiger partial charge >= 0.3 is 5.97 Å². The molecule has 1 aromatic rings. The Balaban J connectivity index is 2.04. The van der Waals surface area contributed by atoms with Gasteiger partial charge in [0.05, 0.1) is 20.3 Å². The van der Waals surface area contributed by atoms with E-state index in [2.05, 4.69) is 38.1 Å². The maximum Gasteiger partial charge on any atom is 0.316 e. The van der Waals surface area contributed by atoms with E-state index in [1.807, 2.05) is 0 Å². The Hall–Kier alpha value is -1.35. The van der Waals surface area contributed by atoms with Crippen LogP contribution in [0.4, 0.5) is 0 Å². The van der Waals surface area contributed by atoms with Crippen molar-refractivity contribution in [2.24, 2.45) is 11.3 Å². The molecule has 0 spiro atoms. The van der Waals surface area contributed by atoms with E-state index in [9.17, 15) is 4.79 Å². The van der Waals surface area contributed by atoms with Gasteiger partial charge in [0.25, 0.3) is 0 Å². The Bertz CT molecular complexity index is 430. The van der Waals surface area contributed by atoms with Gasteiger partial charge in [0.15, 0.2) is 0 Å². The molecular weight excluding hydrogens is 240 g/mol. The summed E-state index contributed by atoms with van der Waals surface area (Å²) in [7, 11) is 1.44. The average Bonchev–Trinajstić information content (AvgIpc) is 2.34. The maximum absolute atomic E-state index is 11.8. The Morgan fingerprint density at radius 3 is 2.26 bits per heavy atom. The van der Waals surface area contributed by atoms with Crippen molar-refractivity contribution in [2.75, 3.05) is 20.3 Å². The van der Waals surface area contributed by atoms with Crippen molar-refractivity contribution in [1.82, 2.24) is 0 Å². The highest BCUT2D eigenvalue weighted by Crippen LogP contribution is 2.33. The Morgan fingerprint density at radius 2 is 1.84 bits per heavy atom. The Labute approximate surface area is 114 Å². The molecule has 3 nitrogen and oxygen atoms in total. The number of carbonyl (C=O) groups is 1. The molecule has 1 aliphatic rings. The Morgan fingerprint density at radius 1 is 1.26 bits per heavy atom. The molecule has 0 aliphatic carbocycles. The summed E-state index contributed by atoms with van der Waals surface area (Å²) in [6, 6.07) is 8.53. The molecule has 1 saturated heterocycles. The first-order valence-electron chi connectivity index (χ1n) is 6.80. The van der Waals surface area contributed by atoms with Crippen LogP contribution in [0, 0.1) is 11.3 Å². The summed E-state index contributed by atoms with van der Waals surface area (Å²) in [4.78, 5) is 11.8. The van der Waals surface area contributed by atoms with Crippen LogP contribution in [0.2, 0.25) is 0 Å². The molecule has 0 saturated carbocycles. The summed E-state index contributed by atoms with van der Waals surface area (Å²) in [5.41, 5.74) is 2.05. The topological polar surface area (TPSA) is 35.5 Å². The van der Waals surface area contributed by atoms with Crippen molar-refractivity contribution in [3.63, 3.8) is 0 Å². The predicted octanol–water partition coefficient (Wildman–Crippen LogP) is 2.62. The van der Waals surface area contributed by atoms with Gasteiger partial charge in [-0.25, -0.2) is 0 Å². The third kappa shape index (κ3) is 3.16. The van der Waals surface area contributed by atoms with E-state index in [4.69, 9.17) is 9.47 Å². The molecule has 1 heterocycles. The zero-order valence-electron chi connectivity index (χ0n) is 11.9. The third-order valence-electron chi connectivity index (χ3n) is 3.58. The van der Waals surface area contributed by atoms with Crippen molar-refractivity contribution >= 4 is 5.97 Å². The molecular formula is C16H22O3. The number of hydrogen-bond acceptors (Lipinski definition) is 3. The first-order chi connectivity index (χ1) is 9.05. The minimum atomic E-state index is -0.464. The summed E-state index contributed by atoms with van der Waals surface area (Å²) in [5, 5.41) is 0. The number of rotatable bonds is 5. The molecule has 0 N–H and O–H groups in total. The fourth-order valence-electron chi connectivity index (χ4n) is 2.51. The van der Waals surface area contributed by atoms with Crippen molar-refractivity contribution in [3.05, 3.63) is 35.4 Å². The van der Waals surface area contributed by atoms with E-state index in [0.29, 0.717) is 25.6 Å².